The fourth-order valence-electron chi connectivity index (χ4n) is 5.55. The second-order valence-electron chi connectivity index (χ2n) is 8.90. The standard InChI is InChI=1S/C23H30N4O/c28-22-11-21-14-25(10-8-19-5-2-1-3-6-19)16-23(27(21)15-22)17-26(18-23)13-20-7-4-9-24-12-20/h1-7,9,12,21-22,28H,8,10-11,13-18H2/t21-,22+/m0/s1. The molecule has 2 aromatic rings. The number of aliphatic hydroxyl groups is 1. The van der Waals surface area contributed by atoms with Gasteiger partial charge in [-0.2, -0.15) is 0 Å². The van der Waals surface area contributed by atoms with Crippen molar-refractivity contribution in [1.82, 2.24) is 19.7 Å². The molecule has 148 valence electrons. The number of pyridine rings is 1. The maximum Gasteiger partial charge on any atom is 0.0682 e. The summed E-state index contributed by atoms with van der Waals surface area (Å²) < 4.78 is 0. The molecule has 1 aromatic carbocycles. The Balaban J connectivity index is 1.25. The molecule has 28 heavy (non-hydrogen) atoms. The van der Waals surface area contributed by atoms with Crippen LogP contribution in [0.3, 0.4) is 0 Å². The van der Waals surface area contributed by atoms with Crippen molar-refractivity contribution < 1.29 is 5.11 Å². The number of β-amino-alcohol motifs (C(OH)–C–C–N with tert-alkyl or cyclic N) is 1. The van der Waals surface area contributed by atoms with Crippen molar-refractivity contribution in [3.05, 3.63) is 66.0 Å². The van der Waals surface area contributed by atoms with Crippen LogP contribution in [-0.4, -0.2) is 81.7 Å². The first-order valence-electron chi connectivity index (χ1n) is 10.5. The van der Waals surface area contributed by atoms with Crippen LogP contribution < -0.4 is 0 Å². The fourth-order valence-corrected chi connectivity index (χ4v) is 5.55. The minimum atomic E-state index is -0.164. The lowest BCUT2D eigenvalue weighted by atomic mass is 9.83. The molecule has 1 aromatic heterocycles. The van der Waals surface area contributed by atoms with E-state index in [1.807, 2.05) is 18.5 Å². The van der Waals surface area contributed by atoms with Gasteiger partial charge < -0.3 is 5.11 Å². The monoisotopic (exact) mass is 378 g/mol. The van der Waals surface area contributed by atoms with Crippen molar-refractivity contribution in [3.8, 4) is 0 Å². The van der Waals surface area contributed by atoms with E-state index in [4.69, 9.17) is 0 Å². The van der Waals surface area contributed by atoms with Crippen LogP contribution in [0.2, 0.25) is 0 Å². The predicted octanol–water partition coefficient (Wildman–Crippen LogP) is 1.63. The molecule has 1 N–H and O–H groups in total. The highest BCUT2D eigenvalue weighted by molar-refractivity contribution is 5.18. The minimum Gasteiger partial charge on any atom is -0.392 e. The number of rotatable bonds is 5. The van der Waals surface area contributed by atoms with E-state index in [0.717, 1.165) is 58.7 Å². The van der Waals surface area contributed by atoms with Crippen LogP contribution in [-0.2, 0) is 13.0 Å². The Hall–Kier alpha value is -1.79. The van der Waals surface area contributed by atoms with Gasteiger partial charge in [0.05, 0.1) is 11.6 Å². The average molecular weight is 379 g/mol. The Bertz CT molecular complexity index is 778. The van der Waals surface area contributed by atoms with Crippen molar-refractivity contribution >= 4 is 0 Å². The molecule has 1 spiro atoms. The Morgan fingerprint density at radius 1 is 0.964 bits per heavy atom. The predicted molar refractivity (Wildman–Crippen MR) is 110 cm³/mol. The maximum absolute atomic E-state index is 10.3. The second-order valence-corrected chi connectivity index (χ2v) is 8.90. The van der Waals surface area contributed by atoms with Gasteiger partial charge in [0.2, 0.25) is 0 Å². The van der Waals surface area contributed by atoms with E-state index in [2.05, 4.69) is 56.1 Å². The number of aromatic nitrogens is 1. The summed E-state index contributed by atoms with van der Waals surface area (Å²) in [6.07, 6.45) is 5.67. The molecule has 0 aliphatic carbocycles. The van der Waals surface area contributed by atoms with E-state index < -0.39 is 0 Å². The van der Waals surface area contributed by atoms with E-state index in [1.165, 1.54) is 11.1 Å². The number of likely N-dealkylation sites (tertiary alicyclic amines) is 1. The van der Waals surface area contributed by atoms with Gasteiger partial charge in [0.25, 0.3) is 0 Å². The Morgan fingerprint density at radius 3 is 2.54 bits per heavy atom. The molecule has 0 radical (unpaired) electrons. The van der Waals surface area contributed by atoms with Gasteiger partial charge in [0.1, 0.15) is 0 Å². The lowest BCUT2D eigenvalue weighted by Crippen LogP contribution is -2.77. The average Bonchev–Trinajstić information content (AvgIpc) is 3.07. The number of aliphatic hydroxyl groups excluding tert-OH is 1. The third kappa shape index (κ3) is 3.60. The molecule has 0 saturated carbocycles. The van der Waals surface area contributed by atoms with Crippen LogP contribution in [0.1, 0.15) is 17.5 Å². The number of fused-ring (bicyclic) bond motifs is 2. The zero-order valence-electron chi connectivity index (χ0n) is 16.5. The maximum atomic E-state index is 10.3. The summed E-state index contributed by atoms with van der Waals surface area (Å²) in [5, 5.41) is 10.3. The van der Waals surface area contributed by atoms with Crippen molar-refractivity contribution in [2.24, 2.45) is 0 Å². The molecule has 0 bridgehead atoms. The van der Waals surface area contributed by atoms with E-state index >= 15 is 0 Å². The summed E-state index contributed by atoms with van der Waals surface area (Å²) in [4.78, 5) is 12.1. The summed E-state index contributed by atoms with van der Waals surface area (Å²) in [5.74, 6) is 0. The van der Waals surface area contributed by atoms with Gasteiger partial charge in [-0.1, -0.05) is 36.4 Å². The van der Waals surface area contributed by atoms with E-state index in [-0.39, 0.29) is 11.6 Å². The Morgan fingerprint density at radius 2 is 1.75 bits per heavy atom. The fraction of sp³-hybridized carbons (Fsp3) is 0.522. The van der Waals surface area contributed by atoms with Crippen LogP contribution in [0.4, 0.5) is 0 Å². The molecule has 3 fully saturated rings. The SMILES string of the molecule is O[C@@H]1C[C@H]2CN(CCc3ccccc3)CC3(CN(Cc4cccnc4)C3)N2C1. The summed E-state index contributed by atoms with van der Waals surface area (Å²) in [5.41, 5.74) is 2.91. The highest BCUT2D eigenvalue weighted by atomic mass is 16.3. The highest BCUT2D eigenvalue weighted by Crippen LogP contribution is 2.39. The van der Waals surface area contributed by atoms with Gasteiger partial charge in [-0.25, -0.2) is 0 Å². The lowest BCUT2D eigenvalue weighted by Gasteiger charge is -2.61. The van der Waals surface area contributed by atoms with Gasteiger partial charge in [0, 0.05) is 64.2 Å². The molecule has 5 rings (SSSR count). The number of hydrogen-bond donors (Lipinski definition) is 1. The first-order valence-corrected chi connectivity index (χ1v) is 10.5. The van der Waals surface area contributed by atoms with Crippen molar-refractivity contribution in [3.63, 3.8) is 0 Å². The largest absolute Gasteiger partial charge is 0.392 e. The summed E-state index contributed by atoms with van der Waals surface area (Å²) in [6, 6.07) is 15.5. The number of nitrogens with zero attached hydrogens (tertiary/aromatic N) is 4. The highest BCUT2D eigenvalue weighted by Gasteiger charge is 2.55. The topological polar surface area (TPSA) is 42.8 Å². The summed E-state index contributed by atoms with van der Waals surface area (Å²) in [7, 11) is 0. The Labute approximate surface area is 167 Å². The number of benzene rings is 1. The molecular formula is C23H30N4O. The van der Waals surface area contributed by atoms with Gasteiger partial charge in [0.15, 0.2) is 0 Å². The molecule has 4 heterocycles. The molecule has 0 unspecified atom stereocenters. The first kappa shape index (κ1) is 18.3. The summed E-state index contributed by atoms with van der Waals surface area (Å²) >= 11 is 0. The number of piperazine rings is 1. The van der Waals surface area contributed by atoms with E-state index in [0.29, 0.717) is 6.04 Å². The molecule has 3 saturated heterocycles. The normalized spacial score (nSPS) is 27.6. The van der Waals surface area contributed by atoms with E-state index in [1.54, 1.807) is 0 Å². The molecule has 5 nitrogen and oxygen atoms in total. The van der Waals surface area contributed by atoms with Crippen molar-refractivity contribution in [2.75, 3.05) is 39.3 Å². The molecule has 2 atom stereocenters. The Kier molecular flexibility index (Phi) is 4.93. The minimum absolute atomic E-state index is 0.164. The van der Waals surface area contributed by atoms with Crippen molar-refractivity contribution in [2.45, 2.75) is 37.1 Å². The van der Waals surface area contributed by atoms with E-state index in [9.17, 15) is 5.11 Å². The van der Waals surface area contributed by atoms with Crippen LogP contribution >= 0.6 is 0 Å². The van der Waals surface area contributed by atoms with Gasteiger partial charge in [-0.3, -0.25) is 19.7 Å². The van der Waals surface area contributed by atoms with Gasteiger partial charge in [-0.15, -0.1) is 0 Å². The molecule has 3 aliphatic rings. The van der Waals surface area contributed by atoms with Crippen LogP contribution in [0.5, 0.6) is 0 Å². The van der Waals surface area contributed by atoms with Crippen LogP contribution in [0, 0.1) is 0 Å². The number of hydrogen-bond acceptors (Lipinski definition) is 5. The zero-order valence-corrected chi connectivity index (χ0v) is 16.5. The first-order chi connectivity index (χ1) is 13.7. The molecule has 3 aliphatic heterocycles. The molecule has 5 heteroatoms. The molecular weight excluding hydrogens is 348 g/mol. The lowest BCUT2D eigenvalue weighted by molar-refractivity contribution is -0.116. The smallest absolute Gasteiger partial charge is 0.0682 e. The third-order valence-electron chi connectivity index (χ3n) is 6.71. The second kappa shape index (κ2) is 7.56. The van der Waals surface area contributed by atoms with Crippen LogP contribution in [0.15, 0.2) is 54.9 Å². The van der Waals surface area contributed by atoms with Crippen LogP contribution in [0.25, 0.3) is 0 Å². The quantitative estimate of drug-likeness (QED) is 0.857. The van der Waals surface area contributed by atoms with Gasteiger partial charge >= 0.3 is 0 Å². The van der Waals surface area contributed by atoms with Crippen molar-refractivity contribution in [1.29, 1.82) is 0 Å². The molecule has 0 amide bonds. The summed E-state index contributed by atoms with van der Waals surface area (Å²) in [6.45, 7) is 7.31. The third-order valence-corrected chi connectivity index (χ3v) is 6.71. The zero-order chi connectivity index (χ0) is 19.0. The van der Waals surface area contributed by atoms with Gasteiger partial charge in [-0.05, 0) is 30.0 Å².